The molecule has 1 aromatic carbocycles. The molecule has 30 heavy (non-hydrogen) atoms. The molecule has 7 heteroatoms. The number of hydrogen-bond acceptors (Lipinski definition) is 3. The van der Waals surface area contributed by atoms with Crippen LogP contribution < -0.4 is 0 Å². The Balaban J connectivity index is 1.44. The zero-order valence-corrected chi connectivity index (χ0v) is 19.1. The van der Waals surface area contributed by atoms with E-state index in [4.69, 9.17) is 0 Å². The average molecular weight is 473 g/mol. The number of aromatic nitrogens is 2. The molecule has 0 N–H and O–H groups in total. The number of rotatable bonds is 4. The van der Waals surface area contributed by atoms with E-state index in [0.717, 1.165) is 39.7 Å². The van der Waals surface area contributed by atoms with Crippen molar-refractivity contribution in [2.75, 3.05) is 27.2 Å². The van der Waals surface area contributed by atoms with Gasteiger partial charge < -0.3 is 9.47 Å². The Bertz CT molecular complexity index is 1060. The first kappa shape index (κ1) is 21.0. The normalized spacial score (nSPS) is 19.9. The smallest absolute Gasteiger partial charge is 0.253 e. The highest BCUT2D eigenvalue weighted by atomic mass is 79.9. The van der Waals surface area contributed by atoms with Crippen LogP contribution >= 0.6 is 15.9 Å². The fraction of sp³-hybridized carbons (Fsp3) is 0.391. The lowest BCUT2D eigenvalue weighted by Crippen LogP contribution is -2.40. The average Bonchev–Trinajstić information content (AvgIpc) is 3.05. The van der Waals surface area contributed by atoms with Crippen molar-refractivity contribution in [3.05, 3.63) is 63.9 Å². The van der Waals surface area contributed by atoms with E-state index in [1.165, 1.54) is 0 Å². The molecule has 1 amide bonds. The van der Waals surface area contributed by atoms with Gasteiger partial charge in [0.1, 0.15) is 11.8 Å². The van der Waals surface area contributed by atoms with Crippen molar-refractivity contribution >= 4 is 32.9 Å². The van der Waals surface area contributed by atoms with Gasteiger partial charge in [-0.2, -0.15) is 0 Å². The fourth-order valence-corrected chi connectivity index (χ4v) is 4.65. The maximum Gasteiger partial charge on any atom is 0.253 e. The van der Waals surface area contributed by atoms with Crippen LogP contribution in [0, 0.1) is 0 Å². The number of likely N-dealkylation sites (tertiary alicyclic amines) is 1. The topological polar surface area (TPSA) is 41.4 Å². The standard InChI is InChI=1S/C23H26BrFN4O/c1-27(2)23(30)16-6-4-15(5-7-16)18-9-11-29(14-21(18)25)13-17-12-19-20(24)8-10-26-22(19)28(17)3/h4-8,10,12,18,21H,9,11,13-14H2,1-3H3/t18-,21?/m0/s1. The number of pyridine rings is 1. The van der Waals surface area contributed by atoms with Crippen LogP contribution in [0.25, 0.3) is 11.0 Å². The molecule has 0 spiro atoms. The summed E-state index contributed by atoms with van der Waals surface area (Å²) in [6.45, 7) is 1.93. The van der Waals surface area contributed by atoms with Crippen LogP contribution in [0.5, 0.6) is 0 Å². The molecule has 2 aromatic heterocycles. The van der Waals surface area contributed by atoms with Gasteiger partial charge in [-0.05, 0) is 58.7 Å². The highest BCUT2D eigenvalue weighted by Crippen LogP contribution is 2.32. The third-order valence-corrected chi connectivity index (χ3v) is 6.67. The summed E-state index contributed by atoms with van der Waals surface area (Å²) in [6, 6.07) is 11.5. The van der Waals surface area contributed by atoms with Gasteiger partial charge >= 0.3 is 0 Å². The van der Waals surface area contributed by atoms with E-state index in [-0.39, 0.29) is 11.8 Å². The van der Waals surface area contributed by atoms with Crippen LogP contribution in [0.1, 0.15) is 34.0 Å². The van der Waals surface area contributed by atoms with E-state index in [9.17, 15) is 4.79 Å². The summed E-state index contributed by atoms with van der Waals surface area (Å²) in [5, 5.41) is 1.08. The van der Waals surface area contributed by atoms with Crippen LogP contribution in [0.4, 0.5) is 4.39 Å². The van der Waals surface area contributed by atoms with E-state index in [0.29, 0.717) is 18.7 Å². The molecule has 1 unspecified atom stereocenters. The Kier molecular flexibility index (Phi) is 5.93. The Labute approximate surface area is 184 Å². The molecular weight excluding hydrogens is 447 g/mol. The Morgan fingerprint density at radius 3 is 2.63 bits per heavy atom. The first-order valence-electron chi connectivity index (χ1n) is 10.1. The minimum atomic E-state index is -0.936. The van der Waals surface area contributed by atoms with Crippen LogP contribution in [0.2, 0.25) is 0 Å². The van der Waals surface area contributed by atoms with Crippen LogP contribution in [-0.4, -0.2) is 58.6 Å². The zero-order chi connectivity index (χ0) is 21.4. The van der Waals surface area contributed by atoms with Crippen LogP contribution in [0.15, 0.2) is 47.1 Å². The number of nitrogens with zero attached hydrogens (tertiary/aromatic N) is 4. The van der Waals surface area contributed by atoms with Crippen molar-refractivity contribution in [3.63, 3.8) is 0 Å². The predicted molar refractivity (Wildman–Crippen MR) is 120 cm³/mol. The largest absolute Gasteiger partial charge is 0.345 e. The molecule has 0 saturated carbocycles. The number of carbonyl (C=O) groups is 1. The van der Waals surface area contributed by atoms with Crippen molar-refractivity contribution in [1.29, 1.82) is 0 Å². The third kappa shape index (κ3) is 4.01. The number of amides is 1. The second-order valence-corrected chi connectivity index (χ2v) is 9.05. The van der Waals surface area contributed by atoms with Crippen molar-refractivity contribution < 1.29 is 9.18 Å². The number of aryl methyl sites for hydroxylation is 1. The van der Waals surface area contributed by atoms with E-state index in [1.807, 2.05) is 25.2 Å². The predicted octanol–water partition coefficient (Wildman–Crippen LogP) is 4.37. The summed E-state index contributed by atoms with van der Waals surface area (Å²) in [5.74, 6) is -0.169. The number of carbonyl (C=O) groups excluding carboxylic acids is 1. The molecule has 1 fully saturated rings. The lowest BCUT2D eigenvalue weighted by atomic mass is 9.87. The number of benzene rings is 1. The van der Waals surface area contributed by atoms with Crippen molar-refractivity contribution in [1.82, 2.24) is 19.4 Å². The Morgan fingerprint density at radius 2 is 2.00 bits per heavy atom. The highest BCUT2D eigenvalue weighted by molar-refractivity contribution is 9.10. The van der Waals surface area contributed by atoms with E-state index >= 15 is 4.39 Å². The molecule has 1 aliphatic rings. The van der Waals surface area contributed by atoms with E-state index in [1.54, 1.807) is 37.3 Å². The first-order chi connectivity index (χ1) is 14.3. The second kappa shape index (κ2) is 8.47. The molecule has 1 saturated heterocycles. The number of hydrogen-bond donors (Lipinski definition) is 0. The van der Waals surface area contributed by atoms with Crippen molar-refractivity contribution in [2.45, 2.75) is 25.1 Å². The Morgan fingerprint density at radius 1 is 1.27 bits per heavy atom. The third-order valence-electron chi connectivity index (χ3n) is 5.98. The van der Waals surface area contributed by atoms with E-state index < -0.39 is 6.17 Å². The summed E-state index contributed by atoms with van der Waals surface area (Å²) in [6.07, 6.45) is 1.61. The maximum atomic E-state index is 15.1. The van der Waals surface area contributed by atoms with Gasteiger partial charge in [0.2, 0.25) is 0 Å². The van der Waals surface area contributed by atoms with Gasteiger partial charge in [0.05, 0.1) is 0 Å². The maximum absolute atomic E-state index is 15.1. The molecule has 3 aromatic rings. The van der Waals surface area contributed by atoms with Gasteiger partial charge in [-0.15, -0.1) is 0 Å². The van der Waals surface area contributed by atoms with Crippen molar-refractivity contribution in [2.24, 2.45) is 7.05 Å². The monoisotopic (exact) mass is 472 g/mol. The number of fused-ring (bicyclic) bond motifs is 1. The van der Waals surface area contributed by atoms with E-state index in [2.05, 4.69) is 36.4 Å². The molecule has 5 nitrogen and oxygen atoms in total. The Hall–Kier alpha value is -2.25. The van der Waals surface area contributed by atoms with Gasteiger partial charge in [-0.3, -0.25) is 9.69 Å². The van der Waals surface area contributed by atoms with Crippen LogP contribution in [0.3, 0.4) is 0 Å². The zero-order valence-electron chi connectivity index (χ0n) is 17.5. The fourth-order valence-electron chi connectivity index (χ4n) is 4.24. The number of alkyl halides is 1. The number of piperidine rings is 1. The lowest BCUT2D eigenvalue weighted by molar-refractivity contribution is 0.0827. The molecule has 0 bridgehead atoms. The number of halogens is 2. The molecule has 158 valence electrons. The SMILES string of the molecule is CN(C)C(=O)c1ccc([C@@H]2CCN(Cc3cc4c(Br)ccnc4n3C)CC2F)cc1. The van der Waals surface area contributed by atoms with Gasteiger partial charge in [-0.1, -0.05) is 12.1 Å². The summed E-state index contributed by atoms with van der Waals surface area (Å²) in [5.41, 5.74) is 3.65. The van der Waals surface area contributed by atoms with Gasteiger partial charge in [0, 0.05) is 67.5 Å². The van der Waals surface area contributed by atoms with Crippen LogP contribution in [-0.2, 0) is 13.6 Å². The second-order valence-electron chi connectivity index (χ2n) is 8.19. The molecule has 4 rings (SSSR count). The van der Waals surface area contributed by atoms with Gasteiger partial charge in [0.25, 0.3) is 5.91 Å². The van der Waals surface area contributed by atoms with Gasteiger partial charge in [-0.25, -0.2) is 9.37 Å². The molecule has 3 heterocycles. The molecule has 2 atom stereocenters. The lowest BCUT2D eigenvalue weighted by Gasteiger charge is -2.35. The van der Waals surface area contributed by atoms with Gasteiger partial charge in [0.15, 0.2) is 0 Å². The molecule has 0 aliphatic carbocycles. The minimum absolute atomic E-state index is 0.0377. The first-order valence-corrected chi connectivity index (χ1v) is 10.9. The molecular formula is C23H26BrFN4O. The highest BCUT2D eigenvalue weighted by Gasteiger charge is 2.31. The molecule has 0 radical (unpaired) electrons. The summed E-state index contributed by atoms with van der Waals surface area (Å²) < 4.78 is 18.2. The van der Waals surface area contributed by atoms with Crippen molar-refractivity contribution in [3.8, 4) is 0 Å². The summed E-state index contributed by atoms with van der Waals surface area (Å²) in [4.78, 5) is 20.2. The summed E-state index contributed by atoms with van der Waals surface area (Å²) in [7, 11) is 5.47. The quantitative estimate of drug-likeness (QED) is 0.566. The summed E-state index contributed by atoms with van der Waals surface area (Å²) >= 11 is 3.58. The molecule has 1 aliphatic heterocycles. The minimum Gasteiger partial charge on any atom is -0.345 e.